The second-order valence-electron chi connectivity index (χ2n) is 4.75. The molecule has 1 N–H and O–H groups in total. The Morgan fingerprint density at radius 2 is 2.17 bits per heavy atom. The fourth-order valence-electron chi connectivity index (χ4n) is 2.53. The van der Waals surface area contributed by atoms with E-state index in [4.69, 9.17) is 0 Å². The quantitative estimate of drug-likeness (QED) is 0.840. The highest BCUT2D eigenvalue weighted by atomic mass is 32.2. The van der Waals surface area contributed by atoms with E-state index in [1.165, 1.54) is 25.0 Å². The van der Waals surface area contributed by atoms with Crippen LogP contribution in [0.1, 0.15) is 19.3 Å². The standard InChI is InChI=1S/C13H14F2N2S/c14-9-4-5-12(10(15)6-9)17-13-16-11-3-1-2-8(11)7-18-13/h4-6,8,11H,1-3,7H2,(H,16,17). The van der Waals surface area contributed by atoms with Gasteiger partial charge in [-0.15, -0.1) is 0 Å². The van der Waals surface area contributed by atoms with Crippen molar-refractivity contribution >= 4 is 22.6 Å². The molecular formula is C13H14F2N2S. The monoisotopic (exact) mass is 268 g/mol. The van der Waals surface area contributed by atoms with Crippen molar-refractivity contribution in [2.24, 2.45) is 10.9 Å². The number of hydrogen-bond donors (Lipinski definition) is 1. The fourth-order valence-corrected chi connectivity index (χ4v) is 3.68. The predicted molar refractivity (Wildman–Crippen MR) is 71.0 cm³/mol. The topological polar surface area (TPSA) is 24.4 Å². The molecule has 2 nitrogen and oxygen atoms in total. The normalized spacial score (nSPS) is 26.7. The molecule has 0 aromatic heterocycles. The van der Waals surface area contributed by atoms with Gasteiger partial charge in [-0.1, -0.05) is 18.2 Å². The lowest BCUT2D eigenvalue weighted by molar-refractivity contribution is 0.535. The maximum Gasteiger partial charge on any atom is 0.161 e. The zero-order valence-corrected chi connectivity index (χ0v) is 10.6. The summed E-state index contributed by atoms with van der Waals surface area (Å²) >= 11 is 1.63. The Hall–Kier alpha value is -1.10. The number of anilines is 1. The molecule has 1 aliphatic carbocycles. The molecule has 1 saturated carbocycles. The second-order valence-corrected chi connectivity index (χ2v) is 5.76. The lowest BCUT2D eigenvalue weighted by Gasteiger charge is -2.23. The third kappa shape index (κ3) is 2.36. The smallest absolute Gasteiger partial charge is 0.161 e. The van der Waals surface area contributed by atoms with Crippen LogP contribution in [-0.4, -0.2) is 17.0 Å². The SMILES string of the molecule is Fc1ccc(NC2=NC3CCCC3CS2)c(F)c1. The van der Waals surface area contributed by atoms with Crippen LogP contribution in [-0.2, 0) is 0 Å². The van der Waals surface area contributed by atoms with E-state index in [0.29, 0.717) is 17.6 Å². The van der Waals surface area contributed by atoms with Crippen LogP contribution in [0.25, 0.3) is 0 Å². The van der Waals surface area contributed by atoms with E-state index in [2.05, 4.69) is 10.3 Å². The van der Waals surface area contributed by atoms with E-state index in [9.17, 15) is 8.78 Å². The molecule has 2 aliphatic rings. The average molecular weight is 268 g/mol. The van der Waals surface area contributed by atoms with Crippen molar-refractivity contribution in [1.29, 1.82) is 0 Å². The number of hydrogen-bond acceptors (Lipinski definition) is 3. The minimum absolute atomic E-state index is 0.291. The molecule has 2 atom stereocenters. The fraction of sp³-hybridized carbons (Fsp3) is 0.462. The van der Waals surface area contributed by atoms with Gasteiger partial charge in [-0.05, 0) is 30.9 Å². The zero-order valence-electron chi connectivity index (χ0n) is 9.83. The number of amidine groups is 1. The summed E-state index contributed by atoms with van der Waals surface area (Å²) < 4.78 is 26.3. The van der Waals surface area contributed by atoms with Crippen LogP contribution in [0.3, 0.4) is 0 Å². The van der Waals surface area contributed by atoms with Crippen LogP contribution < -0.4 is 5.32 Å². The van der Waals surface area contributed by atoms with Crippen LogP contribution in [0.2, 0.25) is 0 Å². The minimum Gasteiger partial charge on any atom is -0.333 e. The molecule has 96 valence electrons. The molecule has 5 heteroatoms. The molecule has 1 aromatic carbocycles. The van der Waals surface area contributed by atoms with Crippen molar-refractivity contribution in [3.63, 3.8) is 0 Å². The molecule has 1 aromatic rings. The van der Waals surface area contributed by atoms with Gasteiger partial charge < -0.3 is 5.32 Å². The molecule has 18 heavy (non-hydrogen) atoms. The van der Waals surface area contributed by atoms with Crippen molar-refractivity contribution in [3.05, 3.63) is 29.8 Å². The van der Waals surface area contributed by atoms with E-state index in [0.717, 1.165) is 23.4 Å². The first kappa shape index (κ1) is 12.0. The molecule has 0 bridgehead atoms. The van der Waals surface area contributed by atoms with Crippen molar-refractivity contribution < 1.29 is 8.78 Å². The van der Waals surface area contributed by atoms with E-state index in [-0.39, 0.29) is 0 Å². The summed E-state index contributed by atoms with van der Waals surface area (Å²) in [6, 6.07) is 3.93. The van der Waals surface area contributed by atoms with Gasteiger partial charge in [-0.3, -0.25) is 4.99 Å². The Kier molecular flexibility index (Phi) is 3.24. The van der Waals surface area contributed by atoms with Crippen molar-refractivity contribution in [3.8, 4) is 0 Å². The van der Waals surface area contributed by atoms with E-state index in [1.807, 2.05) is 0 Å². The van der Waals surface area contributed by atoms with Crippen LogP contribution in [0.5, 0.6) is 0 Å². The molecular weight excluding hydrogens is 254 g/mol. The van der Waals surface area contributed by atoms with Gasteiger partial charge in [0.1, 0.15) is 11.6 Å². The number of nitrogens with zero attached hydrogens (tertiary/aromatic N) is 1. The Labute approximate surface area is 109 Å². The van der Waals surface area contributed by atoms with Crippen LogP contribution in [0.4, 0.5) is 14.5 Å². The lowest BCUT2D eigenvalue weighted by Crippen LogP contribution is -2.25. The lowest BCUT2D eigenvalue weighted by atomic mass is 10.1. The summed E-state index contributed by atoms with van der Waals surface area (Å²) in [6.45, 7) is 0. The second kappa shape index (κ2) is 4.88. The average Bonchev–Trinajstić information content (AvgIpc) is 2.80. The molecule has 2 unspecified atom stereocenters. The Morgan fingerprint density at radius 3 is 3.00 bits per heavy atom. The number of thioether (sulfide) groups is 1. The molecule has 0 spiro atoms. The van der Waals surface area contributed by atoms with Crippen molar-refractivity contribution in [1.82, 2.24) is 0 Å². The van der Waals surface area contributed by atoms with Gasteiger partial charge in [0.15, 0.2) is 5.17 Å². The van der Waals surface area contributed by atoms with Gasteiger partial charge in [0.25, 0.3) is 0 Å². The van der Waals surface area contributed by atoms with Crippen LogP contribution in [0, 0.1) is 17.6 Å². The number of fused-ring (bicyclic) bond motifs is 1. The summed E-state index contributed by atoms with van der Waals surface area (Å²) in [5.74, 6) is 0.580. The molecule has 0 saturated heterocycles. The molecule has 3 rings (SSSR count). The highest BCUT2D eigenvalue weighted by Gasteiger charge is 2.31. The largest absolute Gasteiger partial charge is 0.333 e. The summed E-state index contributed by atoms with van der Waals surface area (Å²) in [5, 5.41) is 3.71. The Bertz CT molecular complexity index is 490. The highest BCUT2D eigenvalue weighted by Crippen LogP contribution is 2.35. The minimum atomic E-state index is -0.577. The third-order valence-corrected chi connectivity index (χ3v) is 4.58. The summed E-state index contributed by atoms with van der Waals surface area (Å²) in [6.07, 6.45) is 3.61. The van der Waals surface area contributed by atoms with Gasteiger partial charge in [0.2, 0.25) is 0 Å². The van der Waals surface area contributed by atoms with Gasteiger partial charge in [0.05, 0.1) is 11.7 Å². The summed E-state index contributed by atoms with van der Waals surface area (Å²) in [7, 11) is 0. The maximum atomic E-state index is 13.5. The summed E-state index contributed by atoms with van der Waals surface area (Å²) in [4.78, 5) is 4.61. The van der Waals surface area contributed by atoms with E-state index < -0.39 is 11.6 Å². The first-order valence-electron chi connectivity index (χ1n) is 6.15. The number of rotatable bonds is 1. The van der Waals surface area contributed by atoms with Crippen molar-refractivity contribution in [2.75, 3.05) is 11.1 Å². The number of benzene rings is 1. The first-order valence-corrected chi connectivity index (χ1v) is 7.13. The first-order chi connectivity index (χ1) is 8.72. The highest BCUT2D eigenvalue weighted by molar-refractivity contribution is 8.14. The molecule has 0 amide bonds. The van der Waals surface area contributed by atoms with E-state index >= 15 is 0 Å². The van der Waals surface area contributed by atoms with Gasteiger partial charge in [-0.2, -0.15) is 0 Å². The van der Waals surface area contributed by atoms with Gasteiger partial charge >= 0.3 is 0 Å². The predicted octanol–water partition coefficient (Wildman–Crippen LogP) is 3.65. The summed E-state index contributed by atoms with van der Waals surface area (Å²) in [5.41, 5.74) is 0.291. The van der Waals surface area contributed by atoms with Gasteiger partial charge in [-0.25, -0.2) is 8.78 Å². The van der Waals surface area contributed by atoms with Crippen molar-refractivity contribution in [2.45, 2.75) is 25.3 Å². The number of aliphatic imine (C=N–C) groups is 1. The van der Waals surface area contributed by atoms with Gasteiger partial charge in [0, 0.05) is 11.8 Å². The maximum absolute atomic E-state index is 13.5. The number of halogens is 2. The number of nitrogens with one attached hydrogen (secondary N) is 1. The van der Waals surface area contributed by atoms with Crippen LogP contribution in [0.15, 0.2) is 23.2 Å². The Balaban J connectivity index is 1.76. The molecule has 1 heterocycles. The zero-order chi connectivity index (χ0) is 12.5. The third-order valence-electron chi connectivity index (χ3n) is 3.51. The molecule has 0 radical (unpaired) electrons. The van der Waals surface area contributed by atoms with Crippen LogP contribution >= 0.6 is 11.8 Å². The Morgan fingerprint density at radius 1 is 1.28 bits per heavy atom. The molecule has 1 aliphatic heterocycles. The van der Waals surface area contributed by atoms with E-state index in [1.54, 1.807) is 11.8 Å². The molecule has 1 fully saturated rings.